The van der Waals surface area contributed by atoms with E-state index in [2.05, 4.69) is 17.0 Å². The van der Waals surface area contributed by atoms with Crippen molar-refractivity contribution in [1.82, 2.24) is 10.0 Å². The normalized spacial score (nSPS) is 20.3. The van der Waals surface area contributed by atoms with Gasteiger partial charge in [-0.1, -0.05) is 56.4 Å². The van der Waals surface area contributed by atoms with Gasteiger partial charge in [-0.05, 0) is 32.9 Å². The van der Waals surface area contributed by atoms with Gasteiger partial charge in [0, 0.05) is 20.3 Å². The molecule has 128 valence electrons. The lowest BCUT2D eigenvalue weighted by Crippen LogP contribution is -2.63. The molecule has 23 heavy (non-hydrogen) atoms. The van der Waals surface area contributed by atoms with Gasteiger partial charge in [0.05, 0.1) is 0 Å². The topological polar surface area (TPSA) is 53.5 Å². The average Bonchev–Trinajstić information content (AvgIpc) is 2.82. The van der Waals surface area contributed by atoms with Gasteiger partial charge in [0.1, 0.15) is 10.5 Å². The first-order valence-corrected chi connectivity index (χ1v) is 10.6. The van der Waals surface area contributed by atoms with E-state index in [1.807, 2.05) is 51.1 Å². The van der Waals surface area contributed by atoms with Crippen molar-refractivity contribution >= 4 is 31.6 Å². The minimum absolute atomic E-state index is 0.0693. The molecule has 2 rings (SSSR count). The van der Waals surface area contributed by atoms with Gasteiger partial charge < -0.3 is 5.32 Å². The summed E-state index contributed by atoms with van der Waals surface area (Å²) in [5.74, 6) is 0.411. The maximum Gasteiger partial charge on any atom is 0.184 e. The molecule has 1 aliphatic heterocycles. The summed E-state index contributed by atoms with van der Waals surface area (Å²) >= 11 is 5.41. The van der Waals surface area contributed by atoms with Crippen LogP contribution in [0, 0.1) is 0 Å². The van der Waals surface area contributed by atoms with E-state index < -0.39 is 14.8 Å². The molecule has 1 unspecified atom stereocenters. The van der Waals surface area contributed by atoms with E-state index in [0.29, 0.717) is 15.9 Å². The molecule has 0 bridgehead atoms. The Morgan fingerprint density at radius 2 is 1.96 bits per heavy atom. The number of aliphatic imine (C=N–C) groups is 1. The Hall–Kier alpha value is -1.11. The summed E-state index contributed by atoms with van der Waals surface area (Å²) in [6, 6.07) is 9.92. The van der Waals surface area contributed by atoms with Crippen molar-refractivity contribution in [2.45, 2.75) is 50.7 Å². The van der Waals surface area contributed by atoms with Crippen molar-refractivity contribution in [3.05, 3.63) is 35.9 Å². The van der Waals surface area contributed by atoms with Crippen molar-refractivity contribution in [2.24, 2.45) is 4.99 Å². The molecule has 0 fully saturated rings. The lowest BCUT2D eigenvalue weighted by Gasteiger charge is -2.46. The molecule has 0 spiro atoms. The highest BCUT2D eigenvalue weighted by atomic mass is 32.3. The van der Waals surface area contributed by atoms with Crippen LogP contribution in [0.1, 0.15) is 39.7 Å². The molecule has 1 aliphatic rings. The molecule has 6 heteroatoms. The second-order valence-electron chi connectivity index (χ2n) is 6.66. The summed E-state index contributed by atoms with van der Waals surface area (Å²) in [7, 11) is -1.69. The molecular formula is C17H27N3OS2. The molecule has 1 aromatic rings. The Balaban J connectivity index is 2.62. The molecule has 2 N–H and O–H groups in total. The maximum atomic E-state index is 14.5. The van der Waals surface area contributed by atoms with Crippen LogP contribution in [0.2, 0.25) is 0 Å². The largest absolute Gasteiger partial charge is 0.326 e. The van der Waals surface area contributed by atoms with Crippen LogP contribution in [0.4, 0.5) is 0 Å². The van der Waals surface area contributed by atoms with Crippen LogP contribution in [-0.4, -0.2) is 32.2 Å². The Kier molecular flexibility index (Phi) is 4.81. The van der Waals surface area contributed by atoms with Gasteiger partial charge >= 0.3 is 0 Å². The number of benzene rings is 1. The predicted molar refractivity (Wildman–Crippen MR) is 104 cm³/mol. The van der Waals surface area contributed by atoms with Crippen molar-refractivity contribution in [2.75, 3.05) is 7.05 Å². The quantitative estimate of drug-likeness (QED) is 0.800. The van der Waals surface area contributed by atoms with Crippen LogP contribution in [0.15, 0.2) is 35.3 Å². The van der Waals surface area contributed by atoms with Gasteiger partial charge in [0.25, 0.3) is 0 Å². The highest BCUT2D eigenvalue weighted by Crippen LogP contribution is 2.37. The lowest BCUT2D eigenvalue weighted by atomic mass is 10.1. The van der Waals surface area contributed by atoms with Crippen LogP contribution in [0.5, 0.6) is 0 Å². The third-order valence-corrected chi connectivity index (χ3v) is 10.2. The van der Waals surface area contributed by atoms with E-state index in [0.717, 1.165) is 12.0 Å². The van der Waals surface area contributed by atoms with E-state index in [4.69, 9.17) is 17.2 Å². The molecule has 0 amide bonds. The fourth-order valence-electron chi connectivity index (χ4n) is 2.82. The summed E-state index contributed by atoms with van der Waals surface area (Å²) in [5.41, 5.74) is 0.507. The van der Waals surface area contributed by atoms with E-state index >= 15 is 0 Å². The van der Waals surface area contributed by atoms with Crippen molar-refractivity contribution in [3.63, 3.8) is 0 Å². The Bertz CT molecular complexity index is 697. The van der Waals surface area contributed by atoms with Gasteiger partial charge in [-0.2, -0.15) is 0 Å². The lowest BCUT2D eigenvalue weighted by molar-refractivity contribution is 0.636. The number of rotatable bonds is 5. The zero-order valence-corrected chi connectivity index (χ0v) is 16.2. The Morgan fingerprint density at radius 3 is 2.39 bits per heavy atom. The van der Waals surface area contributed by atoms with Gasteiger partial charge in [-0.3, -0.25) is 8.93 Å². The monoisotopic (exact) mass is 353 g/mol. The summed E-state index contributed by atoms with van der Waals surface area (Å²) in [5, 5.41) is 3.61. The zero-order valence-electron chi connectivity index (χ0n) is 14.6. The Labute approximate surface area is 144 Å². The van der Waals surface area contributed by atoms with Crippen LogP contribution in [-0.2, 0) is 15.0 Å². The summed E-state index contributed by atoms with van der Waals surface area (Å²) < 4.78 is 17.7. The smallest absolute Gasteiger partial charge is 0.184 e. The van der Waals surface area contributed by atoms with Gasteiger partial charge in [0.2, 0.25) is 0 Å². The summed E-state index contributed by atoms with van der Waals surface area (Å²) in [6.07, 6.45) is 0.785. The first-order chi connectivity index (χ1) is 10.7. The SMILES string of the molecule is CCC(C)S(=O)(Cc1ccccc1)(NC)C1=NC(C)(C)C(=S)N1. The standard InChI is InChI=1S/C17H27N3OS2/c1-6-13(2)23(21,18-5,12-14-10-8-7-9-11-14)16-19-15(22)17(3,4)20-16/h7-11,13H,6,12H2,1-5H3,(H,18,21)(H,19,20,22). The predicted octanol–water partition coefficient (Wildman–Crippen LogP) is 3.00. The highest BCUT2D eigenvalue weighted by molar-refractivity contribution is 8.30. The second-order valence-corrected chi connectivity index (χ2v) is 11.3. The van der Waals surface area contributed by atoms with Crippen molar-refractivity contribution < 1.29 is 4.21 Å². The van der Waals surface area contributed by atoms with E-state index in [9.17, 15) is 4.21 Å². The van der Waals surface area contributed by atoms with E-state index in [1.165, 1.54) is 0 Å². The third-order valence-electron chi connectivity index (χ3n) is 4.75. The van der Waals surface area contributed by atoms with Gasteiger partial charge in [-0.15, -0.1) is 0 Å². The number of nitrogens with zero attached hydrogens (tertiary/aromatic N) is 1. The molecule has 0 aliphatic carbocycles. The van der Waals surface area contributed by atoms with Gasteiger partial charge in [0.15, 0.2) is 5.17 Å². The minimum Gasteiger partial charge on any atom is -0.326 e. The molecule has 0 radical (unpaired) electrons. The van der Waals surface area contributed by atoms with Crippen molar-refractivity contribution in [3.8, 4) is 0 Å². The third kappa shape index (κ3) is 2.99. The number of hydrogen-bond donors (Lipinski definition) is 2. The summed E-state index contributed by atoms with van der Waals surface area (Å²) in [6.45, 7) is 7.97. The fraction of sp³-hybridized carbons (Fsp3) is 0.529. The first-order valence-electron chi connectivity index (χ1n) is 7.96. The molecule has 1 atom stereocenters. The minimum atomic E-state index is -3.45. The first kappa shape index (κ1) is 18.2. The Morgan fingerprint density at radius 1 is 1.35 bits per heavy atom. The number of nitrogens with one attached hydrogen (secondary N) is 2. The molecule has 4 nitrogen and oxygen atoms in total. The summed E-state index contributed by atoms with van der Waals surface area (Å²) in [4.78, 5) is 5.34. The van der Waals surface area contributed by atoms with Crippen LogP contribution < -0.4 is 10.0 Å². The van der Waals surface area contributed by atoms with Crippen LogP contribution >= 0.6 is 12.2 Å². The van der Waals surface area contributed by atoms with Gasteiger partial charge in [-0.25, -0.2) is 4.99 Å². The molecule has 1 aromatic carbocycles. The molecule has 0 saturated heterocycles. The number of hydrogen-bond acceptors (Lipinski definition) is 3. The molecular weight excluding hydrogens is 326 g/mol. The average molecular weight is 354 g/mol. The number of amidine groups is 1. The second kappa shape index (κ2) is 6.07. The fourth-order valence-corrected chi connectivity index (χ4v) is 6.89. The molecule has 0 aromatic heterocycles. The highest BCUT2D eigenvalue weighted by Gasteiger charge is 2.50. The molecule has 1 heterocycles. The van der Waals surface area contributed by atoms with E-state index in [-0.39, 0.29) is 5.25 Å². The van der Waals surface area contributed by atoms with E-state index in [1.54, 1.807) is 7.05 Å². The maximum absolute atomic E-state index is 14.5. The van der Waals surface area contributed by atoms with Crippen molar-refractivity contribution in [1.29, 1.82) is 0 Å². The number of thiocarbonyl (C=S) groups is 1. The zero-order chi connectivity index (χ0) is 17.3. The van der Waals surface area contributed by atoms with Crippen LogP contribution in [0.3, 0.4) is 0 Å². The molecule has 0 saturated carbocycles. The van der Waals surface area contributed by atoms with Crippen LogP contribution in [0.25, 0.3) is 0 Å².